The number of Topliss-reactive ketones (excluding diaryl/α,β-unsaturated/α-hetero) is 1. The van der Waals surface area contributed by atoms with Gasteiger partial charge in [0.2, 0.25) is 17.6 Å². The first kappa shape index (κ1) is 29.5. The highest BCUT2D eigenvalue weighted by molar-refractivity contribution is 6.39. The highest BCUT2D eigenvalue weighted by Crippen LogP contribution is 2.29. The molecule has 2 aliphatic rings. The maximum Gasteiger partial charge on any atom is 0.318 e. The summed E-state index contributed by atoms with van der Waals surface area (Å²) >= 11 is 0. The number of hydrogen-bond acceptors (Lipinski definition) is 6. The van der Waals surface area contributed by atoms with Crippen molar-refractivity contribution in [1.29, 1.82) is 0 Å². The molecule has 0 radical (unpaired) electrons. The smallest absolute Gasteiger partial charge is 0.318 e. The molecule has 2 fully saturated rings. The summed E-state index contributed by atoms with van der Waals surface area (Å²) in [6.07, 6.45) is 5.37. The average molecular weight is 510 g/mol. The van der Waals surface area contributed by atoms with Crippen molar-refractivity contribution in [3.63, 3.8) is 0 Å². The molecule has 2 atom stereocenters. The molecule has 0 bridgehead atoms. The van der Waals surface area contributed by atoms with E-state index < -0.39 is 40.6 Å². The van der Waals surface area contributed by atoms with Gasteiger partial charge in [-0.2, -0.15) is 0 Å². The maximum atomic E-state index is 13.6. The number of amides is 5. The predicted molar refractivity (Wildman–Crippen MR) is 134 cm³/mol. The lowest BCUT2D eigenvalue weighted by Crippen LogP contribution is -2.65. The van der Waals surface area contributed by atoms with Crippen molar-refractivity contribution in [2.75, 3.05) is 33.4 Å². The third-order valence-electron chi connectivity index (χ3n) is 7.30. The van der Waals surface area contributed by atoms with Crippen LogP contribution in [0.1, 0.15) is 78.6 Å². The third kappa shape index (κ3) is 7.41. The second kappa shape index (κ2) is 13.6. The molecule has 1 aliphatic heterocycles. The predicted octanol–water partition coefficient (Wildman–Crippen LogP) is 1.01. The lowest BCUT2D eigenvalue weighted by molar-refractivity contribution is -0.143. The molecule has 2 unspecified atom stereocenters. The van der Waals surface area contributed by atoms with Crippen LogP contribution in [0.15, 0.2) is 0 Å². The highest BCUT2D eigenvalue weighted by atomic mass is 16.5. The third-order valence-corrected chi connectivity index (χ3v) is 7.30. The Morgan fingerprint density at radius 2 is 1.67 bits per heavy atom. The molecular weight excluding hydrogens is 466 g/mol. The molecule has 11 nitrogen and oxygen atoms in total. The Kier molecular flexibility index (Phi) is 11.1. The first-order valence-corrected chi connectivity index (χ1v) is 13.2. The van der Waals surface area contributed by atoms with Gasteiger partial charge in [0.15, 0.2) is 0 Å². The number of likely N-dealkylation sites (N-methyl/N-ethyl adjacent to an activating group) is 1. The molecule has 0 spiro atoms. The minimum atomic E-state index is -1.25. The van der Waals surface area contributed by atoms with Gasteiger partial charge in [0, 0.05) is 20.1 Å². The number of nitrogens with zero attached hydrogens (tertiary/aromatic N) is 1. The number of ether oxygens (including phenoxy) is 1. The average Bonchev–Trinajstić information content (AvgIpc) is 2.90. The van der Waals surface area contributed by atoms with Crippen molar-refractivity contribution < 1.29 is 28.7 Å². The molecule has 5 amide bonds. The molecule has 1 saturated heterocycles. The summed E-state index contributed by atoms with van der Waals surface area (Å²) in [6.45, 7) is 7.03. The summed E-state index contributed by atoms with van der Waals surface area (Å²) in [5, 5.41) is 10.8. The van der Waals surface area contributed by atoms with Crippen molar-refractivity contribution in [3.8, 4) is 0 Å². The molecule has 0 aromatic rings. The topological polar surface area (TPSA) is 146 Å². The van der Waals surface area contributed by atoms with Crippen molar-refractivity contribution in [2.45, 2.75) is 95.7 Å². The molecule has 4 N–H and O–H groups in total. The summed E-state index contributed by atoms with van der Waals surface area (Å²) in [6, 6.07) is -1.38. The Bertz CT molecular complexity index is 807. The quantitative estimate of drug-likeness (QED) is 0.306. The van der Waals surface area contributed by atoms with Crippen LogP contribution < -0.4 is 21.3 Å². The van der Waals surface area contributed by atoms with Gasteiger partial charge in [0.1, 0.15) is 11.1 Å². The molecule has 1 aliphatic carbocycles. The lowest BCUT2D eigenvalue weighted by atomic mass is 9.80. The van der Waals surface area contributed by atoms with Gasteiger partial charge in [-0.05, 0) is 32.6 Å². The van der Waals surface area contributed by atoms with E-state index in [4.69, 9.17) is 4.74 Å². The number of nitrogens with one attached hydrogen (secondary N) is 4. The van der Waals surface area contributed by atoms with Crippen LogP contribution >= 0.6 is 0 Å². The summed E-state index contributed by atoms with van der Waals surface area (Å²) in [5.41, 5.74) is -2.40. The number of urea groups is 1. The molecule has 2 rings (SSSR count). The fourth-order valence-electron chi connectivity index (χ4n) is 4.64. The van der Waals surface area contributed by atoms with Gasteiger partial charge in [-0.15, -0.1) is 0 Å². The molecule has 11 heteroatoms. The summed E-state index contributed by atoms with van der Waals surface area (Å²) in [7, 11) is 1.46. The Balaban J connectivity index is 2.19. The number of rotatable bonds is 11. The van der Waals surface area contributed by atoms with Gasteiger partial charge in [-0.3, -0.25) is 19.2 Å². The zero-order chi connectivity index (χ0) is 26.8. The van der Waals surface area contributed by atoms with Crippen molar-refractivity contribution in [2.24, 2.45) is 0 Å². The van der Waals surface area contributed by atoms with Crippen molar-refractivity contribution in [1.82, 2.24) is 26.2 Å². The number of ketones is 1. The fourth-order valence-corrected chi connectivity index (χ4v) is 4.64. The minimum absolute atomic E-state index is 0.283. The van der Waals surface area contributed by atoms with Crippen LogP contribution in [0.4, 0.5) is 4.79 Å². The van der Waals surface area contributed by atoms with E-state index in [0.717, 1.165) is 25.7 Å². The normalized spacial score (nSPS) is 19.8. The fraction of sp³-hybridized carbons (Fsp3) is 0.800. The van der Waals surface area contributed by atoms with Gasteiger partial charge < -0.3 is 30.9 Å². The maximum absolute atomic E-state index is 13.6. The van der Waals surface area contributed by atoms with E-state index in [0.29, 0.717) is 45.6 Å². The molecule has 1 saturated carbocycles. The molecule has 0 aromatic heterocycles. The van der Waals surface area contributed by atoms with E-state index in [1.807, 2.05) is 6.92 Å². The van der Waals surface area contributed by atoms with Crippen LogP contribution in [0.25, 0.3) is 0 Å². The van der Waals surface area contributed by atoms with Crippen LogP contribution in [-0.4, -0.2) is 84.9 Å². The first-order chi connectivity index (χ1) is 17.1. The van der Waals surface area contributed by atoms with E-state index in [1.54, 1.807) is 18.7 Å². The highest BCUT2D eigenvalue weighted by Gasteiger charge is 2.44. The largest absolute Gasteiger partial charge is 0.378 e. The number of morpholine rings is 1. The van der Waals surface area contributed by atoms with Crippen molar-refractivity contribution in [3.05, 3.63) is 0 Å². The standard InChI is InChI=1S/C25H43N5O6/c1-5-7-11-18(19(31)20(32)28-24(3,6-2)21(33)26-4)27-22(34)25(12-9-8-10-13-25)29-23(35)30-14-16-36-17-15-30/h18H,5-17H2,1-4H3,(H,26,33)(H,27,34)(H,28,32)(H,29,35). The van der Waals surface area contributed by atoms with Gasteiger partial charge in [-0.25, -0.2) is 4.79 Å². The van der Waals surface area contributed by atoms with Gasteiger partial charge in [0.05, 0.1) is 19.3 Å². The van der Waals surface area contributed by atoms with Crippen LogP contribution in [0.2, 0.25) is 0 Å². The van der Waals surface area contributed by atoms with Crippen LogP contribution in [-0.2, 0) is 23.9 Å². The van der Waals surface area contributed by atoms with Crippen LogP contribution in [0, 0.1) is 0 Å². The first-order valence-electron chi connectivity index (χ1n) is 13.2. The molecular formula is C25H43N5O6. The van der Waals surface area contributed by atoms with Gasteiger partial charge >= 0.3 is 6.03 Å². The van der Waals surface area contributed by atoms with Gasteiger partial charge in [-0.1, -0.05) is 46.0 Å². The zero-order valence-electron chi connectivity index (χ0n) is 22.2. The monoisotopic (exact) mass is 509 g/mol. The summed E-state index contributed by atoms with van der Waals surface area (Å²) in [5.74, 6) is -2.58. The summed E-state index contributed by atoms with van der Waals surface area (Å²) < 4.78 is 5.31. The Morgan fingerprint density at radius 1 is 1.03 bits per heavy atom. The molecule has 204 valence electrons. The number of carbonyl (C=O) groups excluding carboxylic acids is 5. The molecule has 36 heavy (non-hydrogen) atoms. The molecule has 1 heterocycles. The van der Waals surface area contributed by atoms with Gasteiger partial charge in [0.25, 0.3) is 5.91 Å². The zero-order valence-corrected chi connectivity index (χ0v) is 22.2. The van der Waals surface area contributed by atoms with E-state index in [2.05, 4.69) is 21.3 Å². The van der Waals surface area contributed by atoms with Crippen LogP contribution in [0.3, 0.4) is 0 Å². The number of hydrogen-bond donors (Lipinski definition) is 4. The lowest BCUT2D eigenvalue weighted by Gasteiger charge is -2.39. The SMILES string of the molecule is CCCCC(NC(=O)C1(NC(=O)N2CCOCC2)CCCCC1)C(=O)C(=O)NC(C)(CC)C(=O)NC. The van der Waals surface area contributed by atoms with E-state index in [1.165, 1.54) is 7.05 Å². The minimum Gasteiger partial charge on any atom is -0.378 e. The Labute approximate surface area is 213 Å². The Hall–Kier alpha value is -2.69. The van der Waals surface area contributed by atoms with E-state index in [-0.39, 0.29) is 18.9 Å². The second-order valence-corrected chi connectivity index (χ2v) is 9.92. The van der Waals surface area contributed by atoms with E-state index >= 15 is 0 Å². The summed E-state index contributed by atoms with van der Waals surface area (Å²) in [4.78, 5) is 66.5. The Morgan fingerprint density at radius 3 is 2.22 bits per heavy atom. The number of carbonyl (C=O) groups is 5. The second-order valence-electron chi connectivity index (χ2n) is 9.92. The van der Waals surface area contributed by atoms with E-state index in [9.17, 15) is 24.0 Å². The van der Waals surface area contributed by atoms with Crippen molar-refractivity contribution >= 4 is 29.5 Å². The molecule has 0 aromatic carbocycles. The number of unbranched alkanes of at least 4 members (excludes halogenated alkanes) is 1. The van der Waals surface area contributed by atoms with Crippen LogP contribution in [0.5, 0.6) is 0 Å².